The van der Waals surface area contributed by atoms with E-state index in [1.807, 2.05) is 0 Å². The summed E-state index contributed by atoms with van der Waals surface area (Å²) in [5, 5.41) is 9.87. The minimum absolute atomic E-state index is 0.314. The van der Waals surface area contributed by atoms with Crippen molar-refractivity contribution in [2.24, 2.45) is 0 Å². The molecule has 7 nitrogen and oxygen atoms in total. The van der Waals surface area contributed by atoms with E-state index in [1.54, 1.807) is 36.5 Å². The topological polar surface area (TPSA) is 90.7 Å². The molecule has 2 aromatic heterocycles. The average Bonchev–Trinajstić information content (AvgIpc) is 2.60. The zero-order valence-corrected chi connectivity index (χ0v) is 12.4. The molecule has 0 unspecified atom stereocenters. The standard InChI is InChI=1S/C17H12N2O5/c20-16-12(17(21)22)8-10-2-1-5-18-15(10)19(16)11-3-4-13-14(9-11)24-7-6-23-13/h1-5,8-9H,6-7H2,(H,21,22). The number of nitrogens with zero attached hydrogens (tertiary/aromatic N) is 2. The number of aromatic nitrogens is 2. The van der Waals surface area contributed by atoms with Gasteiger partial charge in [-0.25, -0.2) is 9.78 Å². The molecule has 3 aromatic rings. The van der Waals surface area contributed by atoms with Gasteiger partial charge in [0, 0.05) is 17.6 Å². The van der Waals surface area contributed by atoms with Crippen molar-refractivity contribution in [3.8, 4) is 17.2 Å². The van der Waals surface area contributed by atoms with E-state index in [0.717, 1.165) is 0 Å². The van der Waals surface area contributed by atoms with E-state index in [4.69, 9.17) is 9.47 Å². The van der Waals surface area contributed by atoms with E-state index in [9.17, 15) is 14.7 Å². The largest absolute Gasteiger partial charge is 0.486 e. The number of pyridine rings is 2. The summed E-state index contributed by atoms with van der Waals surface area (Å²) in [5.74, 6) is -0.183. The minimum atomic E-state index is -1.28. The molecule has 1 aliphatic rings. The van der Waals surface area contributed by atoms with E-state index >= 15 is 0 Å². The van der Waals surface area contributed by atoms with Gasteiger partial charge in [-0.3, -0.25) is 9.36 Å². The fourth-order valence-electron chi connectivity index (χ4n) is 2.71. The number of carboxylic acids is 1. The highest BCUT2D eigenvalue weighted by Crippen LogP contribution is 2.32. The molecule has 0 spiro atoms. The zero-order chi connectivity index (χ0) is 16.7. The van der Waals surface area contributed by atoms with Crippen LogP contribution in [0, 0.1) is 0 Å². The molecule has 7 heteroatoms. The lowest BCUT2D eigenvalue weighted by Gasteiger charge is -2.19. The highest BCUT2D eigenvalue weighted by atomic mass is 16.6. The van der Waals surface area contributed by atoms with Gasteiger partial charge in [-0.1, -0.05) is 0 Å². The summed E-state index contributed by atoms with van der Waals surface area (Å²) in [4.78, 5) is 28.3. The lowest BCUT2D eigenvalue weighted by Crippen LogP contribution is -2.26. The van der Waals surface area contributed by atoms with Gasteiger partial charge >= 0.3 is 5.97 Å². The molecule has 0 atom stereocenters. The quantitative estimate of drug-likeness (QED) is 0.774. The normalized spacial score (nSPS) is 13.0. The van der Waals surface area contributed by atoms with Gasteiger partial charge in [0.1, 0.15) is 24.4 Å². The first-order valence-corrected chi connectivity index (χ1v) is 7.29. The van der Waals surface area contributed by atoms with Crippen LogP contribution in [-0.2, 0) is 0 Å². The predicted octanol–water partition coefficient (Wildman–Crippen LogP) is 1.86. The Hall–Kier alpha value is -3.35. The third kappa shape index (κ3) is 2.18. The van der Waals surface area contributed by atoms with E-state index < -0.39 is 11.5 Å². The van der Waals surface area contributed by atoms with E-state index in [0.29, 0.717) is 41.4 Å². The molecule has 0 radical (unpaired) electrons. The SMILES string of the molecule is O=C(O)c1cc2cccnc2n(-c2ccc3c(c2)OCCO3)c1=O. The third-order valence-corrected chi connectivity index (χ3v) is 3.78. The molecule has 1 N–H and O–H groups in total. The van der Waals surface area contributed by atoms with Crippen molar-refractivity contribution in [2.75, 3.05) is 13.2 Å². The lowest BCUT2D eigenvalue weighted by atomic mass is 10.2. The number of carbonyl (C=O) groups is 1. The van der Waals surface area contributed by atoms with Crippen molar-refractivity contribution in [1.82, 2.24) is 9.55 Å². The zero-order valence-electron chi connectivity index (χ0n) is 12.4. The van der Waals surface area contributed by atoms with Crippen LogP contribution >= 0.6 is 0 Å². The Kier molecular flexibility index (Phi) is 3.19. The maximum absolute atomic E-state index is 12.7. The monoisotopic (exact) mass is 324 g/mol. The number of rotatable bonds is 2. The molecular weight excluding hydrogens is 312 g/mol. The summed E-state index contributed by atoms with van der Waals surface area (Å²) < 4.78 is 12.3. The van der Waals surface area contributed by atoms with Gasteiger partial charge in [0.05, 0.1) is 5.69 Å². The first kappa shape index (κ1) is 14.3. The highest BCUT2D eigenvalue weighted by Gasteiger charge is 2.18. The summed E-state index contributed by atoms with van der Waals surface area (Å²) in [6.45, 7) is 0.880. The molecule has 120 valence electrons. The lowest BCUT2D eigenvalue weighted by molar-refractivity contribution is 0.0695. The van der Waals surface area contributed by atoms with Crippen molar-refractivity contribution in [3.05, 3.63) is 58.5 Å². The van der Waals surface area contributed by atoms with Crippen LogP contribution in [0.5, 0.6) is 11.5 Å². The van der Waals surface area contributed by atoms with Gasteiger partial charge in [-0.2, -0.15) is 0 Å². The van der Waals surface area contributed by atoms with Gasteiger partial charge in [0.15, 0.2) is 11.5 Å². The second-order valence-corrected chi connectivity index (χ2v) is 5.25. The summed E-state index contributed by atoms with van der Waals surface area (Å²) in [7, 11) is 0. The van der Waals surface area contributed by atoms with Crippen LogP contribution < -0.4 is 15.0 Å². The van der Waals surface area contributed by atoms with Gasteiger partial charge in [0.2, 0.25) is 0 Å². The van der Waals surface area contributed by atoms with Gasteiger partial charge in [0.25, 0.3) is 5.56 Å². The fraction of sp³-hybridized carbons (Fsp3) is 0.118. The van der Waals surface area contributed by atoms with Crippen molar-refractivity contribution in [1.29, 1.82) is 0 Å². The molecule has 0 saturated heterocycles. The van der Waals surface area contributed by atoms with Gasteiger partial charge in [-0.05, 0) is 30.3 Å². The van der Waals surface area contributed by atoms with Crippen LogP contribution in [0.3, 0.4) is 0 Å². The summed E-state index contributed by atoms with van der Waals surface area (Å²) in [6.07, 6.45) is 1.55. The van der Waals surface area contributed by atoms with Crippen LogP contribution in [-0.4, -0.2) is 33.8 Å². The Morgan fingerprint density at radius 3 is 2.71 bits per heavy atom. The van der Waals surface area contributed by atoms with Gasteiger partial charge < -0.3 is 14.6 Å². The summed E-state index contributed by atoms with van der Waals surface area (Å²) in [6, 6.07) is 9.75. The highest BCUT2D eigenvalue weighted by molar-refractivity contribution is 5.92. The van der Waals surface area contributed by atoms with Crippen LogP contribution in [0.4, 0.5) is 0 Å². The molecule has 24 heavy (non-hydrogen) atoms. The van der Waals surface area contributed by atoms with Crippen LogP contribution in [0.1, 0.15) is 10.4 Å². The Balaban J connectivity index is 2.04. The molecule has 0 amide bonds. The molecule has 3 heterocycles. The molecule has 0 saturated carbocycles. The maximum Gasteiger partial charge on any atom is 0.341 e. The Labute approximate surface area is 135 Å². The number of ether oxygens (including phenoxy) is 2. The molecule has 0 fully saturated rings. The van der Waals surface area contributed by atoms with Gasteiger partial charge in [-0.15, -0.1) is 0 Å². The number of carboxylic acid groups (broad SMARTS) is 1. The van der Waals surface area contributed by atoms with Crippen molar-refractivity contribution in [3.63, 3.8) is 0 Å². The van der Waals surface area contributed by atoms with Crippen molar-refractivity contribution >= 4 is 17.0 Å². The average molecular weight is 324 g/mol. The van der Waals surface area contributed by atoms with Crippen molar-refractivity contribution < 1.29 is 19.4 Å². The third-order valence-electron chi connectivity index (χ3n) is 3.78. The molecule has 1 aromatic carbocycles. The predicted molar refractivity (Wildman–Crippen MR) is 85.3 cm³/mol. The fourth-order valence-corrected chi connectivity index (χ4v) is 2.71. The van der Waals surface area contributed by atoms with Crippen molar-refractivity contribution in [2.45, 2.75) is 0 Å². The number of fused-ring (bicyclic) bond motifs is 2. The summed E-state index contributed by atoms with van der Waals surface area (Å²) >= 11 is 0. The Bertz CT molecular complexity index is 1030. The first-order chi connectivity index (χ1) is 11.6. The van der Waals surface area contributed by atoms with E-state index in [1.165, 1.54) is 10.6 Å². The number of benzene rings is 1. The number of hydrogen-bond donors (Lipinski definition) is 1. The summed E-state index contributed by atoms with van der Waals surface area (Å²) in [5.41, 5.74) is -0.115. The minimum Gasteiger partial charge on any atom is -0.486 e. The molecule has 0 bridgehead atoms. The molecule has 0 aliphatic carbocycles. The Morgan fingerprint density at radius 1 is 1.12 bits per heavy atom. The molecular formula is C17H12N2O5. The molecule has 4 rings (SSSR count). The first-order valence-electron chi connectivity index (χ1n) is 7.29. The second kappa shape index (κ2) is 5.38. The second-order valence-electron chi connectivity index (χ2n) is 5.25. The Morgan fingerprint density at radius 2 is 1.92 bits per heavy atom. The van der Waals surface area contributed by atoms with Crippen LogP contribution in [0.25, 0.3) is 16.7 Å². The maximum atomic E-state index is 12.7. The number of aromatic carboxylic acids is 1. The molecule has 1 aliphatic heterocycles. The smallest absolute Gasteiger partial charge is 0.341 e. The number of hydrogen-bond acceptors (Lipinski definition) is 5. The van der Waals surface area contributed by atoms with E-state index in [-0.39, 0.29) is 5.56 Å². The van der Waals surface area contributed by atoms with E-state index in [2.05, 4.69) is 4.98 Å². The van der Waals surface area contributed by atoms with Crippen LogP contribution in [0.2, 0.25) is 0 Å². The van der Waals surface area contributed by atoms with Crippen LogP contribution in [0.15, 0.2) is 47.4 Å².